The molecule has 0 aromatic heterocycles. The third-order valence-corrected chi connectivity index (χ3v) is 3.98. The zero-order valence-electron chi connectivity index (χ0n) is 13.1. The van der Waals surface area contributed by atoms with Crippen LogP contribution >= 0.6 is 34.8 Å². The maximum atomic E-state index is 12.1. The van der Waals surface area contributed by atoms with E-state index in [0.717, 1.165) is 24.3 Å². The number of hydrogen-bond donors (Lipinski definition) is 1. The number of amides is 1. The maximum Gasteiger partial charge on any atom is 0.573 e. The van der Waals surface area contributed by atoms with Crippen LogP contribution < -0.4 is 10.1 Å². The van der Waals surface area contributed by atoms with Crippen LogP contribution in [0.3, 0.4) is 0 Å². The molecule has 0 aliphatic heterocycles. The highest BCUT2D eigenvalue weighted by Gasteiger charge is 2.31. The molecule has 0 spiro atoms. The van der Waals surface area contributed by atoms with Crippen LogP contribution in [0.15, 0.2) is 36.4 Å². The second-order valence-electron chi connectivity index (χ2n) is 4.94. The molecular formula is C16H9Cl3F3NO4. The quantitative estimate of drug-likeness (QED) is 0.501. The van der Waals surface area contributed by atoms with E-state index >= 15 is 0 Å². The number of carbonyl (C=O) groups is 2. The van der Waals surface area contributed by atoms with Gasteiger partial charge in [0, 0.05) is 0 Å². The number of alkyl halides is 3. The second kappa shape index (κ2) is 8.69. The Balaban J connectivity index is 1.91. The van der Waals surface area contributed by atoms with E-state index < -0.39 is 30.6 Å². The van der Waals surface area contributed by atoms with Crippen LogP contribution in [0.4, 0.5) is 18.9 Å². The molecule has 0 atom stereocenters. The first kappa shape index (κ1) is 21.1. The SMILES string of the molecule is O=C(COC(=O)c1ccc(OC(F)(F)F)cc1)Nc1cc(Cl)c(Cl)cc1Cl. The van der Waals surface area contributed by atoms with E-state index in [1.807, 2.05) is 0 Å². The molecule has 0 fully saturated rings. The molecule has 2 aromatic rings. The fraction of sp³-hybridized carbons (Fsp3) is 0.125. The first-order chi connectivity index (χ1) is 12.5. The zero-order chi connectivity index (χ0) is 20.2. The standard InChI is InChI=1S/C16H9Cl3F3NO4/c17-10-5-12(19)13(6-11(10)18)23-14(24)7-26-15(25)8-1-3-9(4-2-8)27-16(20,21)22/h1-6H,7H2,(H,23,24). The summed E-state index contributed by atoms with van der Waals surface area (Å²) in [5, 5.41) is 2.87. The van der Waals surface area contributed by atoms with E-state index in [9.17, 15) is 22.8 Å². The lowest BCUT2D eigenvalue weighted by atomic mass is 10.2. The van der Waals surface area contributed by atoms with Crippen molar-refractivity contribution in [1.82, 2.24) is 0 Å². The molecule has 11 heteroatoms. The monoisotopic (exact) mass is 441 g/mol. The molecule has 1 N–H and O–H groups in total. The zero-order valence-corrected chi connectivity index (χ0v) is 15.3. The summed E-state index contributed by atoms with van der Waals surface area (Å²) in [6.45, 7) is -0.657. The van der Waals surface area contributed by atoms with Crippen molar-refractivity contribution in [1.29, 1.82) is 0 Å². The van der Waals surface area contributed by atoms with Crippen molar-refractivity contribution in [3.8, 4) is 5.75 Å². The van der Waals surface area contributed by atoms with Crippen LogP contribution in [0, 0.1) is 0 Å². The van der Waals surface area contributed by atoms with Gasteiger partial charge in [-0.2, -0.15) is 0 Å². The summed E-state index contributed by atoms with van der Waals surface area (Å²) >= 11 is 17.5. The van der Waals surface area contributed by atoms with Crippen molar-refractivity contribution in [3.63, 3.8) is 0 Å². The lowest BCUT2D eigenvalue weighted by Gasteiger charge is -2.10. The molecular weight excluding hydrogens is 434 g/mol. The topological polar surface area (TPSA) is 64.6 Å². The fourth-order valence-corrected chi connectivity index (χ4v) is 2.41. The average Bonchev–Trinajstić information content (AvgIpc) is 2.57. The number of nitrogens with one attached hydrogen (secondary N) is 1. The van der Waals surface area contributed by atoms with Crippen LogP contribution in [-0.4, -0.2) is 24.8 Å². The van der Waals surface area contributed by atoms with E-state index in [2.05, 4.69) is 10.1 Å². The predicted octanol–water partition coefficient (Wildman–Crippen LogP) is 5.34. The van der Waals surface area contributed by atoms with Gasteiger partial charge in [0.05, 0.1) is 26.3 Å². The lowest BCUT2D eigenvalue weighted by Crippen LogP contribution is -2.21. The van der Waals surface area contributed by atoms with E-state index in [1.54, 1.807) is 0 Å². The summed E-state index contributed by atoms with van der Waals surface area (Å²) < 4.78 is 44.7. The normalized spacial score (nSPS) is 11.0. The van der Waals surface area contributed by atoms with Crippen LogP contribution in [0.2, 0.25) is 15.1 Å². The molecule has 0 aliphatic rings. The Hall–Kier alpha value is -2.16. The highest BCUT2D eigenvalue weighted by Crippen LogP contribution is 2.32. The fourth-order valence-electron chi connectivity index (χ4n) is 1.81. The molecule has 1 amide bonds. The Labute approximate surface area is 165 Å². The van der Waals surface area contributed by atoms with Gasteiger partial charge in [-0.05, 0) is 36.4 Å². The van der Waals surface area contributed by atoms with Crippen LogP contribution in [0.25, 0.3) is 0 Å². The lowest BCUT2D eigenvalue weighted by molar-refractivity contribution is -0.274. The minimum Gasteiger partial charge on any atom is -0.452 e. The van der Waals surface area contributed by atoms with Gasteiger partial charge in [-0.15, -0.1) is 13.2 Å². The smallest absolute Gasteiger partial charge is 0.452 e. The summed E-state index contributed by atoms with van der Waals surface area (Å²) in [7, 11) is 0. The molecule has 0 saturated heterocycles. The first-order valence-corrected chi connectivity index (χ1v) is 8.16. The van der Waals surface area contributed by atoms with Crippen LogP contribution in [0.5, 0.6) is 5.75 Å². The average molecular weight is 443 g/mol. The van der Waals surface area contributed by atoms with Crippen molar-refractivity contribution in [2.75, 3.05) is 11.9 Å². The van der Waals surface area contributed by atoms with Gasteiger partial charge in [0.25, 0.3) is 5.91 Å². The summed E-state index contributed by atoms with van der Waals surface area (Å²) in [4.78, 5) is 23.7. The van der Waals surface area contributed by atoms with Gasteiger partial charge in [0.15, 0.2) is 6.61 Å². The minimum atomic E-state index is -4.84. The minimum absolute atomic E-state index is 0.0649. The molecule has 144 valence electrons. The summed E-state index contributed by atoms with van der Waals surface area (Å²) in [5.41, 5.74) is 0.102. The Morgan fingerprint density at radius 3 is 2.15 bits per heavy atom. The van der Waals surface area contributed by atoms with Crippen molar-refractivity contribution in [2.45, 2.75) is 6.36 Å². The Morgan fingerprint density at radius 1 is 0.963 bits per heavy atom. The Morgan fingerprint density at radius 2 is 1.56 bits per heavy atom. The molecule has 2 rings (SSSR count). The summed E-state index contributed by atoms with van der Waals surface area (Å²) in [6.07, 6.45) is -4.84. The number of esters is 1. The Kier molecular flexibility index (Phi) is 6.80. The van der Waals surface area contributed by atoms with E-state index in [0.29, 0.717) is 0 Å². The highest BCUT2D eigenvalue weighted by molar-refractivity contribution is 6.44. The second-order valence-corrected chi connectivity index (χ2v) is 6.16. The van der Waals surface area contributed by atoms with Crippen LogP contribution in [-0.2, 0) is 9.53 Å². The summed E-state index contributed by atoms with van der Waals surface area (Å²) in [5.74, 6) is -2.12. The molecule has 27 heavy (non-hydrogen) atoms. The number of benzene rings is 2. The summed E-state index contributed by atoms with van der Waals surface area (Å²) in [6, 6.07) is 6.68. The van der Waals surface area contributed by atoms with Gasteiger partial charge < -0.3 is 14.8 Å². The molecule has 0 aliphatic carbocycles. The van der Waals surface area contributed by atoms with E-state index in [1.165, 1.54) is 12.1 Å². The number of anilines is 1. The number of hydrogen-bond acceptors (Lipinski definition) is 4. The number of ether oxygens (including phenoxy) is 2. The molecule has 0 saturated carbocycles. The van der Waals surface area contributed by atoms with E-state index in [-0.39, 0.29) is 26.3 Å². The van der Waals surface area contributed by atoms with Gasteiger partial charge in [0.2, 0.25) is 0 Å². The number of rotatable bonds is 5. The molecule has 0 heterocycles. The van der Waals surface area contributed by atoms with E-state index in [4.69, 9.17) is 39.5 Å². The van der Waals surface area contributed by atoms with Gasteiger partial charge in [0.1, 0.15) is 5.75 Å². The molecule has 0 bridgehead atoms. The maximum absolute atomic E-state index is 12.1. The van der Waals surface area contributed by atoms with Gasteiger partial charge in [-0.25, -0.2) is 4.79 Å². The molecule has 0 radical (unpaired) electrons. The number of carbonyl (C=O) groups excluding carboxylic acids is 2. The molecule has 2 aromatic carbocycles. The largest absolute Gasteiger partial charge is 0.573 e. The highest BCUT2D eigenvalue weighted by atomic mass is 35.5. The van der Waals surface area contributed by atoms with Gasteiger partial charge in [-0.1, -0.05) is 34.8 Å². The third-order valence-electron chi connectivity index (χ3n) is 2.94. The van der Waals surface area contributed by atoms with Crippen molar-refractivity contribution < 1.29 is 32.2 Å². The number of halogens is 6. The van der Waals surface area contributed by atoms with Crippen molar-refractivity contribution >= 4 is 52.4 Å². The van der Waals surface area contributed by atoms with Gasteiger partial charge >= 0.3 is 12.3 Å². The van der Waals surface area contributed by atoms with Crippen LogP contribution in [0.1, 0.15) is 10.4 Å². The van der Waals surface area contributed by atoms with Crippen molar-refractivity contribution in [3.05, 3.63) is 57.0 Å². The first-order valence-electron chi connectivity index (χ1n) is 7.02. The Bertz CT molecular complexity index is 857. The third kappa shape index (κ3) is 6.50. The molecule has 0 unspecified atom stereocenters. The van der Waals surface area contributed by atoms with Gasteiger partial charge in [-0.3, -0.25) is 4.79 Å². The van der Waals surface area contributed by atoms with Crippen molar-refractivity contribution in [2.24, 2.45) is 0 Å². The molecule has 5 nitrogen and oxygen atoms in total. The predicted molar refractivity (Wildman–Crippen MR) is 93.5 cm³/mol.